The van der Waals surface area contributed by atoms with Crippen LogP contribution in [-0.4, -0.2) is 42.0 Å². The van der Waals surface area contributed by atoms with Gasteiger partial charge in [0.05, 0.1) is 0 Å². The average molecular weight is 294 g/mol. The molecule has 1 aromatic heterocycles. The number of nitrogens with two attached hydrogens (primary N) is 1. The predicted octanol–water partition coefficient (Wildman–Crippen LogP) is 2.20. The minimum Gasteiger partial charge on any atom is -0.382 e. The first-order chi connectivity index (χ1) is 9.46. The van der Waals surface area contributed by atoms with Crippen LogP contribution in [0, 0.1) is 5.41 Å². The van der Waals surface area contributed by atoms with Gasteiger partial charge < -0.3 is 15.5 Å². The third-order valence-corrected chi connectivity index (χ3v) is 5.30. The molecule has 0 saturated carbocycles. The topological polar surface area (TPSA) is 62.5 Å². The zero-order valence-corrected chi connectivity index (χ0v) is 13.0. The molecule has 110 valence electrons. The van der Waals surface area contributed by atoms with Crippen molar-refractivity contribution in [3.05, 3.63) is 4.88 Å². The molecule has 0 unspecified atom stereocenters. The minimum absolute atomic E-state index is 0.0519. The molecule has 2 fully saturated rings. The molecule has 1 amide bonds. The van der Waals surface area contributed by atoms with E-state index in [0.29, 0.717) is 10.7 Å². The summed E-state index contributed by atoms with van der Waals surface area (Å²) in [6.45, 7) is 8.08. The van der Waals surface area contributed by atoms with Crippen LogP contribution in [0.25, 0.3) is 0 Å². The Labute approximate surface area is 123 Å². The lowest BCUT2D eigenvalue weighted by molar-refractivity contribution is 0.0784. The molecule has 3 rings (SSSR count). The molecule has 1 aromatic rings. The third kappa shape index (κ3) is 2.49. The largest absolute Gasteiger partial charge is 0.382 e. The second-order valence-electron chi connectivity index (χ2n) is 6.55. The van der Waals surface area contributed by atoms with Gasteiger partial charge in [-0.3, -0.25) is 4.79 Å². The molecule has 2 N–H and O–H groups in total. The van der Waals surface area contributed by atoms with E-state index >= 15 is 0 Å². The minimum atomic E-state index is 0.0519. The Kier molecular flexibility index (Phi) is 3.36. The van der Waals surface area contributed by atoms with E-state index in [1.807, 2.05) is 4.90 Å². The number of rotatable bonds is 2. The van der Waals surface area contributed by atoms with E-state index in [4.69, 9.17) is 5.73 Å². The summed E-state index contributed by atoms with van der Waals surface area (Å²) in [6, 6.07) is 0. The smallest absolute Gasteiger partial charge is 0.267 e. The molecule has 2 aliphatic rings. The van der Waals surface area contributed by atoms with Gasteiger partial charge in [-0.2, -0.15) is 0 Å². The molecule has 0 spiro atoms. The summed E-state index contributed by atoms with van der Waals surface area (Å²) in [5.41, 5.74) is 6.19. The molecular formula is C14H22N4OS. The number of carbonyl (C=O) groups excluding carboxylic acids is 1. The molecule has 20 heavy (non-hydrogen) atoms. The Hall–Kier alpha value is -1.30. The van der Waals surface area contributed by atoms with Crippen LogP contribution in [0.1, 0.15) is 42.8 Å². The lowest BCUT2D eigenvalue weighted by Crippen LogP contribution is -2.30. The highest BCUT2D eigenvalue weighted by Gasteiger charge is 2.34. The molecule has 0 aromatic carbocycles. The number of carbonyl (C=O) groups is 1. The molecule has 0 radical (unpaired) electrons. The van der Waals surface area contributed by atoms with Crippen LogP contribution in [0.5, 0.6) is 0 Å². The van der Waals surface area contributed by atoms with Crippen LogP contribution in [-0.2, 0) is 0 Å². The second kappa shape index (κ2) is 4.91. The number of likely N-dealkylation sites (tertiary alicyclic amines) is 1. The van der Waals surface area contributed by atoms with Crippen LogP contribution < -0.4 is 10.6 Å². The molecular weight excluding hydrogens is 272 g/mol. The number of aromatic nitrogens is 1. The summed E-state index contributed by atoms with van der Waals surface area (Å²) in [6.07, 6.45) is 3.45. The summed E-state index contributed by atoms with van der Waals surface area (Å²) in [5.74, 6) is 0.447. The quantitative estimate of drug-likeness (QED) is 0.908. The van der Waals surface area contributed by atoms with E-state index in [0.717, 1.165) is 37.7 Å². The van der Waals surface area contributed by atoms with Crippen molar-refractivity contribution in [1.29, 1.82) is 0 Å². The molecule has 0 bridgehead atoms. The van der Waals surface area contributed by atoms with Gasteiger partial charge in [0.1, 0.15) is 10.7 Å². The highest BCUT2D eigenvalue weighted by atomic mass is 32.1. The van der Waals surface area contributed by atoms with Crippen molar-refractivity contribution >= 4 is 28.2 Å². The number of anilines is 2. The summed E-state index contributed by atoms with van der Waals surface area (Å²) in [5, 5.41) is 0.904. The lowest BCUT2D eigenvalue weighted by atomic mass is 9.93. The maximum atomic E-state index is 12.6. The van der Waals surface area contributed by atoms with Gasteiger partial charge in [0, 0.05) is 26.2 Å². The highest BCUT2D eigenvalue weighted by molar-refractivity contribution is 7.18. The summed E-state index contributed by atoms with van der Waals surface area (Å²) >= 11 is 1.45. The van der Waals surface area contributed by atoms with Gasteiger partial charge in [-0.15, -0.1) is 0 Å². The van der Waals surface area contributed by atoms with Crippen molar-refractivity contribution in [3.8, 4) is 0 Å². The fourth-order valence-corrected chi connectivity index (χ4v) is 3.95. The van der Waals surface area contributed by atoms with Crippen molar-refractivity contribution in [2.24, 2.45) is 5.41 Å². The Morgan fingerprint density at radius 1 is 1.30 bits per heavy atom. The predicted molar refractivity (Wildman–Crippen MR) is 82.3 cm³/mol. The van der Waals surface area contributed by atoms with Gasteiger partial charge in [-0.1, -0.05) is 25.2 Å². The van der Waals surface area contributed by atoms with Gasteiger partial charge in [-0.25, -0.2) is 4.98 Å². The lowest BCUT2D eigenvalue weighted by Gasteiger charge is -2.19. The molecule has 2 aliphatic heterocycles. The maximum absolute atomic E-state index is 12.6. The normalized spacial score (nSPS) is 21.7. The van der Waals surface area contributed by atoms with Crippen LogP contribution in [0.15, 0.2) is 0 Å². The van der Waals surface area contributed by atoms with Gasteiger partial charge >= 0.3 is 0 Å². The van der Waals surface area contributed by atoms with Crippen LogP contribution >= 0.6 is 11.3 Å². The zero-order valence-electron chi connectivity index (χ0n) is 12.2. The van der Waals surface area contributed by atoms with Crippen molar-refractivity contribution in [2.75, 3.05) is 36.8 Å². The van der Waals surface area contributed by atoms with Crippen LogP contribution in [0.2, 0.25) is 0 Å². The number of amides is 1. The number of nitrogen functional groups attached to an aromatic ring is 1. The monoisotopic (exact) mass is 294 g/mol. The molecule has 2 saturated heterocycles. The standard InChI is InChI=1S/C14H22N4OS/c1-14(2)5-8-18(9-14)12(19)10-11(15)16-13(20-10)17-6-3-4-7-17/h3-9,15H2,1-2H3. The van der Waals surface area contributed by atoms with Gasteiger partial charge in [0.2, 0.25) is 0 Å². The van der Waals surface area contributed by atoms with E-state index in [9.17, 15) is 4.79 Å². The molecule has 0 aliphatic carbocycles. The zero-order chi connectivity index (χ0) is 14.3. The highest BCUT2D eigenvalue weighted by Crippen LogP contribution is 2.34. The van der Waals surface area contributed by atoms with Crippen molar-refractivity contribution in [3.63, 3.8) is 0 Å². The summed E-state index contributed by atoms with van der Waals surface area (Å²) in [4.78, 5) is 21.7. The van der Waals surface area contributed by atoms with Crippen molar-refractivity contribution in [1.82, 2.24) is 9.88 Å². The Morgan fingerprint density at radius 2 is 2.00 bits per heavy atom. The molecule has 5 nitrogen and oxygen atoms in total. The van der Waals surface area contributed by atoms with Crippen molar-refractivity contribution < 1.29 is 4.79 Å². The number of hydrogen-bond acceptors (Lipinski definition) is 5. The Balaban J connectivity index is 1.78. The second-order valence-corrected chi connectivity index (χ2v) is 7.52. The number of thiazole rings is 1. The summed E-state index contributed by atoms with van der Waals surface area (Å²) in [7, 11) is 0. The van der Waals surface area contributed by atoms with Gasteiger partial charge in [0.25, 0.3) is 5.91 Å². The SMILES string of the molecule is CC1(C)CCN(C(=O)c2sc(N3CCCC3)nc2N)C1. The first-order valence-electron chi connectivity index (χ1n) is 7.27. The Morgan fingerprint density at radius 3 is 2.60 bits per heavy atom. The molecule has 6 heteroatoms. The van der Waals surface area contributed by atoms with Crippen LogP contribution in [0.3, 0.4) is 0 Å². The van der Waals surface area contributed by atoms with E-state index < -0.39 is 0 Å². The first-order valence-corrected chi connectivity index (χ1v) is 8.08. The van der Waals surface area contributed by atoms with E-state index in [2.05, 4.69) is 23.7 Å². The molecule has 3 heterocycles. The van der Waals surface area contributed by atoms with E-state index in [1.165, 1.54) is 24.2 Å². The average Bonchev–Trinajstić information content (AvgIpc) is 3.07. The van der Waals surface area contributed by atoms with E-state index in [-0.39, 0.29) is 11.3 Å². The number of hydrogen-bond donors (Lipinski definition) is 1. The fourth-order valence-electron chi connectivity index (χ4n) is 2.95. The van der Waals surface area contributed by atoms with Gasteiger partial charge in [0.15, 0.2) is 5.13 Å². The van der Waals surface area contributed by atoms with Gasteiger partial charge in [-0.05, 0) is 24.7 Å². The van der Waals surface area contributed by atoms with E-state index in [1.54, 1.807) is 0 Å². The Bertz CT molecular complexity index is 519. The maximum Gasteiger partial charge on any atom is 0.267 e. The number of nitrogens with zero attached hydrogens (tertiary/aromatic N) is 3. The third-order valence-electron chi connectivity index (χ3n) is 4.18. The first kappa shape index (κ1) is 13.7. The van der Waals surface area contributed by atoms with Crippen LogP contribution in [0.4, 0.5) is 10.9 Å². The van der Waals surface area contributed by atoms with Crippen molar-refractivity contribution in [2.45, 2.75) is 33.1 Å². The fraction of sp³-hybridized carbons (Fsp3) is 0.714. The molecule has 0 atom stereocenters. The summed E-state index contributed by atoms with van der Waals surface area (Å²) < 4.78 is 0.